The minimum absolute atomic E-state index is 0.0373. The molecule has 37 heavy (non-hydrogen) atoms. The van der Waals surface area contributed by atoms with Gasteiger partial charge < -0.3 is 29.3 Å². The van der Waals surface area contributed by atoms with Crippen LogP contribution in [-0.4, -0.2) is 87.8 Å². The summed E-state index contributed by atoms with van der Waals surface area (Å²) < 4.78 is 31.6. The second-order valence-corrected chi connectivity index (χ2v) is 11.1. The van der Waals surface area contributed by atoms with Crippen molar-refractivity contribution in [1.29, 1.82) is 0 Å². The first-order chi connectivity index (χ1) is 17.7. The highest BCUT2D eigenvalue weighted by Crippen LogP contribution is 2.29. The molecule has 3 saturated heterocycles. The maximum absolute atomic E-state index is 15.3. The zero-order chi connectivity index (χ0) is 26.4. The average molecular weight is 521 g/mol. The van der Waals surface area contributed by atoms with Crippen LogP contribution >= 0.6 is 0 Å². The highest BCUT2D eigenvalue weighted by atomic mass is 19.1. The number of rotatable bonds is 5. The van der Waals surface area contributed by atoms with E-state index in [1.54, 1.807) is 15.9 Å². The number of hydrogen-bond acceptors (Lipinski definition) is 6. The standard InChI is InChI=1S/C27H41FN4O5/c1-27(2,3)37-26(34)31-10-6-20(7-11-31)19-32(25(33)29-21-8-14-35-15-9-21)22-4-5-24(23(28)18-22)30-12-16-36-17-13-30/h4-5,18,20-21H,6-17,19H2,1-3H3,(H,29,33). The van der Waals surface area contributed by atoms with Crippen molar-refractivity contribution in [2.75, 3.05) is 69.0 Å². The molecule has 10 heteroatoms. The van der Waals surface area contributed by atoms with Gasteiger partial charge in [0.1, 0.15) is 11.4 Å². The lowest BCUT2D eigenvalue weighted by molar-refractivity contribution is 0.0186. The molecule has 1 aromatic rings. The summed E-state index contributed by atoms with van der Waals surface area (Å²) in [5.41, 5.74) is 0.529. The van der Waals surface area contributed by atoms with Crippen molar-refractivity contribution in [1.82, 2.24) is 10.2 Å². The van der Waals surface area contributed by atoms with E-state index in [2.05, 4.69) is 5.32 Å². The molecule has 0 aliphatic carbocycles. The molecular weight excluding hydrogens is 479 g/mol. The molecule has 1 N–H and O–H groups in total. The van der Waals surface area contributed by atoms with Gasteiger partial charge in [-0.3, -0.25) is 4.90 Å². The highest BCUT2D eigenvalue weighted by molar-refractivity contribution is 5.92. The zero-order valence-corrected chi connectivity index (χ0v) is 22.3. The van der Waals surface area contributed by atoms with Crippen molar-refractivity contribution in [3.63, 3.8) is 0 Å². The van der Waals surface area contributed by atoms with Gasteiger partial charge in [-0.25, -0.2) is 14.0 Å². The van der Waals surface area contributed by atoms with E-state index in [4.69, 9.17) is 14.2 Å². The number of nitrogens with one attached hydrogen (secondary N) is 1. The van der Waals surface area contributed by atoms with Crippen LogP contribution < -0.4 is 15.1 Å². The van der Waals surface area contributed by atoms with Gasteiger partial charge in [-0.05, 0) is 70.6 Å². The van der Waals surface area contributed by atoms with E-state index in [-0.39, 0.29) is 29.9 Å². The Balaban J connectivity index is 1.45. The van der Waals surface area contributed by atoms with Gasteiger partial charge in [-0.1, -0.05) is 0 Å². The Labute approximate surface area is 219 Å². The largest absolute Gasteiger partial charge is 0.444 e. The molecule has 206 valence electrons. The molecule has 0 atom stereocenters. The minimum Gasteiger partial charge on any atom is -0.444 e. The molecule has 0 aromatic heterocycles. The van der Waals surface area contributed by atoms with E-state index in [0.717, 1.165) is 25.7 Å². The van der Waals surface area contributed by atoms with Gasteiger partial charge in [0, 0.05) is 57.7 Å². The first kappa shape index (κ1) is 27.4. The summed E-state index contributed by atoms with van der Waals surface area (Å²) in [6.45, 7) is 10.8. The van der Waals surface area contributed by atoms with E-state index in [0.29, 0.717) is 70.5 Å². The van der Waals surface area contributed by atoms with Crippen molar-refractivity contribution >= 4 is 23.5 Å². The Morgan fingerprint density at radius 3 is 2.30 bits per heavy atom. The number of hydrogen-bond donors (Lipinski definition) is 1. The Morgan fingerprint density at radius 2 is 1.68 bits per heavy atom. The normalized spacial score (nSPS) is 20.0. The number of nitrogens with zero attached hydrogens (tertiary/aromatic N) is 3. The number of morpholine rings is 1. The third-order valence-corrected chi connectivity index (χ3v) is 7.10. The quantitative estimate of drug-likeness (QED) is 0.632. The summed E-state index contributed by atoms with van der Waals surface area (Å²) in [6, 6.07) is 4.86. The highest BCUT2D eigenvalue weighted by Gasteiger charge is 2.30. The fourth-order valence-electron chi connectivity index (χ4n) is 5.01. The third-order valence-electron chi connectivity index (χ3n) is 7.10. The van der Waals surface area contributed by atoms with Crippen LogP contribution in [0.5, 0.6) is 0 Å². The van der Waals surface area contributed by atoms with Crippen molar-refractivity contribution in [2.45, 2.75) is 58.1 Å². The Hall–Kier alpha value is -2.59. The zero-order valence-electron chi connectivity index (χ0n) is 22.3. The van der Waals surface area contributed by atoms with Crippen LogP contribution in [0.2, 0.25) is 0 Å². The fourth-order valence-corrected chi connectivity index (χ4v) is 5.01. The number of benzene rings is 1. The molecular formula is C27H41FN4O5. The molecule has 0 saturated carbocycles. The lowest BCUT2D eigenvalue weighted by Gasteiger charge is -2.36. The number of carbonyl (C=O) groups is 2. The monoisotopic (exact) mass is 520 g/mol. The van der Waals surface area contributed by atoms with E-state index in [1.807, 2.05) is 31.7 Å². The van der Waals surface area contributed by atoms with Gasteiger partial charge in [0.05, 0.1) is 18.9 Å². The summed E-state index contributed by atoms with van der Waals surface area (Å²) in [6.07, 6.45) is 2.71. The van der Waals surface area contributed by atoms with Crippen LogP contribution in [0.25, 0.3) is 0 Å². The maximum Gasteiger partial charge on any atom is 0.410 e. The summed E-state index contributed by atoms with van der Waals surface area (Å²) in [5, 5.41) is 3.13. The van der Waals surface area contributed by atoms with Crippen LogP contribution in [0.4, 0.5) is 25.4 Å². The van der Waals surface area contributed by atoms with Crippen LogP contribution in [0.3, 0.4) is 0 Å². The Morgan fingerprint density at radius 1 is 1.03 bits per heavy atom. The lowest BCUT2D eigenvalue weighted by atomic mass is 9.96. The molecule has 3 aliphatic rings. The maximum atomic E-state index is 15.3. The van der Waals surface area contributed by atoms with Crippen LogP contribution in [0.15, 0.2) is 18.2 Å². The van der Waals surface area contributed by atoms with Gasteiger partial charge in [0.15, 0.2) is 0 Å². The van der Waals surface area contributed by atoms with Crippen molar-refractivity contribution in [3.05, 3.63) is 24.0 Å². The number of urea groups is 1. The SMILES string of the molecule is CC(C)(C)OC(=O)N1CCC(CN(C(=O)NC2CCOCC2)c2ccc(N3CCOCC3)c(F)c2)CC1. The molecule has 3 heterocycles. The first-order valence-corrected chi connectivity index (χ1v) is 13.5. The van der Waals surface area contributed by atoms with Gasteiger partial charge >= 0.3 is 12.1 Å². The minimum atomic E-state index is -0.537. The molecule has 1 aromatic carbocycles. The van der Waals surface area contributed by atoms with Crippen LogP contribution in [0, 0.1) is 11.7 Å². The molecule has 9 nitrogen and oxygen atoms in total. The number of piperidine rings is 1. The molecule has 0 unspecified atom stereocenters. The van der Waals surface area contributed by atoms with Gasteiger partial charge in [0.25, 0.3) is 0 Å². The number of ether oxygens (including phenoxy) is 3. The molecule has 4 rings (SSSR count). The average Bonchev–Trinajstić information content (AvgIpc) is 2.87. The third kappa shape index (κ3) is 7.70. The van der Waals surface area contributed by atoms with E-state index >= 15 is 4.39 Å². The number of halogens is 1. The fraction of sp³-hybridized carbons (Fsp3) is 0.704. The van der Waals surface area contributed by atoms with Crippen LogP contribution in [0.1, 0.15) is 46.5 Å². The molecule has 3 fully saturated rings. The van der Waals surface area contributed by atoms with Crippen molar-refractivity contribution in [2.24, 2.45) is 5.92 Å². The summed E-state index contributed by atoms with van der Waals surface area (Å²) >= 11 is 0. The predicted molar refractivity (Wildman–Crippen MR) is 140 cm³/mol. The van der Waals surface area contributed by atoms with Crippen LogP contribution in [-0.2, 0) is 14.2 Å². The molecule has 3 amide bonds. The summed E-state index contributed by atoms with van der Waals surface area (Å²) in [5.74, 6) is -0.163. The van der Waals surface area contributed by atoms with Gasteiger partial charge in [0.2, 0.25) is 0 Å². The Kier molecular flexibility index (Phi) is 9.13. The number of carbonyl (C=O) groups excluding carboxylic acids is 2. The molecule has 3 aliphatic heterocycles. The van der Waals surface area contributed by atoms with Gasteiger partial charge in [-0.15, -0.1) is 0 Å². The first-order valence-electron chi connectivity index (χ1n) is 13.5. The Bertz CT molecular complexity index is 920. The summed E-state index contributed by atoms with van der Waals surface area (Å²) in [7, 11) is 0. The lowest BCUT2D eigenvalue weighted by Crippen LogP contribution is -2.50. The molecule has 0 radical (unpaired) electrons. The second kappa shape index (κ2) is 12.3. The molecule has 0 spiro atoms. The van der Waals surface area contributed by atoms with Crippen molar-refractivity contribution < 1.29 is 28.2 Å². The second-order valence-electron chi connectivity index (χ2n) is 11.1. The van der Waals surface area contributed by atoms with E-state index < -0.39 is 5.60 Å². The smallest absolute Gasteiger partial charge is 0.410 e. The number of likely N-dealkylation sites (tertiary alicyclic amines) is 1. The molecule has 0 bridgehead atoms. The van der Waals surface area contributed by atoms with Crippen molar-refractivity contribution in [3.8, 4) is 0 Å². The predicted octanol–water partition coefficient (Wildman–Crippen LogP) is 4.00. The number of anilines is 2. The topological polar surface area (TPSA) is 83.6 Å². The van der Waals surface area contributed by atoms with E-state index in [1.165, 1.54) is 6.07 Å². The number of amides is 3. The van der Waals surface area contributed by atoms with E-state index in [9.17, 15) is 9.59 Å². The van der Waals surface area contributed by atoms with Gasteiger partial charge in [-0.2, -0.15) is 0 Å². The summed E-state index contributed by atoms with van der Waals surface area (Å²) in [4.78, 5) is 31.3.